The van der Waals surface area contributed by atoms with Gasteiger partial charge in [-0.1, -0.05) is 11.6 Å². The van der Waals surface area contributed by atoms with Crippen molar-refractivity contribution < 1.29 is 13.9 Å². The second-order valence-electron chi connectivity index (χ2n) is 2.28. The highest BCUT2D eigenvalue weighted by molar-refractivity contribution is 6.31. The topological polar surface area (TPSA) is 33.1 Å². The van der Waals surface area contributed by atoms with Crippen molar-refractivity contribution in [3.05, 3.63) is 22.5 Å². The van der Waals surface area contributed by atoms with Crippen LogP contribution in [0.4, 0.5) is 8.78 Å². The third kappa shape index (κ3) is 2.19. The maximum atomic E-state index is 12.1. The number of hydrogen-bond acceptors (Lipinski definition) is 2. The van der Waals surface area contributed by atoms with Crippen LogP contribution >= 0.6 is 23.2 Å². The molecule has 1 heterocycles. The van der Waals surface area contributed by atoms with Gasteiger partial charge in [0.1, 0.15) is 16.6 Å². The minimum absolute atomic E-state index is 0.0168. The molecule has 0 aliphatic heterocycles. The molecule has 0 saturated carbocycles. The fraction of sp³-hybridized carbons (Fsp3) is 0.286. The first kappa shape index (κ1) is 10.5. The fourth-order valence-electron chi connectivity index (χ4n) is 0.788. The van der Waals surface area contributed by atoms with Crippen LogP contribution in [0.15, 0.2) is 6.07 Å². The molecule has 0 spiro atoms. The van der Waals surface area contributed by atoms with Gasteiger partial charge in [-0.25, -0.2) is 13.8 Å². The smallest absolute Gasteiger partial charge is 0.284 e. The average molecular weight is 228 g/mol. The first-order valence-electron chi connectivity index (χ1n) is 3.28. The number of hydrogen-bond donors (Lipinski definition) is 1. The lowest BCUT2D eigenvalue weighted by Crippen LogP contribution is -1.94. The van der Waals surface area contributed by atoms with Gasteiger partial charge in [-0.05, 0) is 6.07 Å². The molecule has 0 aliphatic rings. The highest BCUT2D eigenvalue weighted by Crippen LogP contribution is 2.30. The van der Waals surface area contributed by atoms with Gasteiger partial charge in [-0.2, -0.15) is 0 Å². The lowest BCUT2D eigenvalue weighted by atomic mass is 10.2. The second kappa shape index (κ2) is 4.07. The van der Waals surface area contributed by atoms with Gasteiger partial charge in [0, 0.05) is 5.56 Å². The molecule has 0 aliphatic carbocycles. The highest BCUT2D eigenvalue weighted by Gasteiger charge is 2.17. The second-order valence-corrected chi connectivity index (χ2v) is 2.90. The average Bonchev–Trinajstić information content (AvgIpc) is 2.07. The van der Waals surface area contributed by atoms with E-state index >= 15 is 0 Å². The first-order chi connectivity index (χ1) is 6.06. The van der Waals surface area contributed by atoms with Gasteiger partial charge in [-0.15, -0.1) is 11.6 Å². The summed E-state index contributed by atoms with van der Waals surface area (Å²) in [4.78, 5) is 3.32. The molecule has 0 unspecified atom stereocenters. The fourth-order valence-corrected chi connectivity index (χ4v) is 1.27. The summed E-state index contributed by atoms with van der Waals surface area (Å²) in [6.07, 6.45) is -2.85. The zero-order chi connectivity index (χ0) is 10.0. The zero-order valence-corrected chi connectivity index (χ0v) is 7.78. The van der Waals surface area contributed by atoms with E-state index in [4.69, 9.17) is 28.3 Å². The lowest BCUT2D eigenvalue weighted by molar-refractivity contribution is 0.142. The van der Waals surface area contributed by atoms with E-state index in [1.807, 2.05) is 0 Å². The van der Waals surface area contributed by atoms with E-state index in [9.17, 15) is 8.78 Å². The molecule has 2 nitrogen and oxygen atoms in total. The summed E-state index contributed by atoms with van der Waals surface area (Å²) in [5, 5.41) is 8.95. The van der Waals surface area contributed by atoms with E-state index in [0.29, 0.717) is 5.56 Å². The summed E-state index contributed by atoms with van der Waals surface area (Å²) < 4.78 is 24.3. The van der Waals surface area contributed by atoms with Crippen LogP contribution in [0.3, 0.4) is 0 Å². The van der Waals surface area contributed by atoms with Crippen molar-refractivity contribution >= 4 is 23.2 Å². The Hall–Kier alpha value is -0.610. The van der Waals surface area contributed by atoms with Gasteiger partial charge in [0.2, 0.25) is 0 Å². The largest absolute Gasteiger partial charge is 0.506 e. The van der Waals surface area contributed by atoms with Gasteiger partial charge in [-0.3, -0.25) is 0 Å². The van der Waals surface area contributed by atoms with E-state index < -0.39 is 17.9 Å². The number of aromatic hydroxyl groups is 1. The van der Waals surface area contributed by atoms with Gasteiger partial charge in [0.05, 0.1) is 5.88 Å². The quantitative estimate of drug-likeness (QED) is 0.623. The van der Waals surface area contributed by atoms with Crippen molar-refractivity contribution in [1.82, 2.24) is 4.98 Å². The minimum Gasteiger partial charge on any atom is -0.506 e. The number of nitrogens with zero attached hydrogens (tertiary/aromatic N) is 1. The molecule has 13 heavy (non-hydrogen) atoms. The normalized spacial score (nSPS) is 10.8. The van der Waals surface area contributed by atoms with Crippen LogP contribution in [0.25, 0.3) is 0 Å². The Morgan fingerprint density at radius 2 is 2.15 bits per heavy atom. The first-order valence-corrected chi connectivity index (χ1v) is 4.20. The maximum absolute atomic E-state index is 12.1. The van der Waals surface area contributed by atoms with Crippen molar-refractivity contribution in [2.75, 3.05) is 0 Å². The Labute approximate surface area is 83.1 Å². The van der Waals surface area contributed by atoms with E-state index in [2.05, 4.69) is 4.98 Å². The summed E-state index contributed by atoms with van der Waals surface area (Å²) in [6.45, 7) is 0. The van der Waals surface area contributed by atoms with Gasteiger partial charge in [0.15, 0.2) is 0 Å². The molecule has 1 aromatic rings. The molecule has 0 bridgehead atoms. The van der Waals surface area contributed by atoms with E-state index in [1.54, 1.807) is 0 Å². The molecular weight excluding hydrogens is 223 g/mol. The molecular formula is C7H5Cl2F2NO. The monoisotopic (exact) mass is 227 g/mol. The van der Waals surface area contributed by atoms with Crippen LogP contribution < -0.4 is 0 Å². The van der Waals surface area contributed by atoms with Crippen LogP contribution in [0.2, 0.25) is 5.15 Å². The molecule has 6 heteroatoms. The third-order valence-corrected chi connectivity index (χ3v) is 2.02. The van der Waals surface area contributed by atoms with Gasteiger partial charge < -0.3 is 5.11 Å². The number of pyridine rings is 1. The number of rotatable bonds is 2. The van der Waals surface area contributed by atoms with Crippen molar-refractivity contribution in [1.29, 1.82) is 0 Å². The van der Waals surface area contributed by atoms with Crippen molar-refractivity contribution in [2.45, 2.75) is 12.3 Å². The maximum Gasteiger partial charge on any atom is 0.284 e. The number of aromatic nitrogens is 1. The number of alkyl halides is 3. The van der Waals surface area contributed by atoms with Crippen LogP contribution in [0.1, 0.15) is 17.7 Å². The molecule has 1 N–H and O–H groups in total. The SMILES string of the molecule is Oc1cc(CCl)c(Cl)nc1C(F)F. The molecule has 72 valence electrons. The van der Waals surface area contributed by atoms with Crippen molar-refractivity contribution in [2.24, 2.45) is 0 Å². The van der Waals surface area contributed by atoms with E-state index in [-0.39, 0.29) is 11.0 Å². The van der Waals surface area contributed by atoms with Gasteiger partial charge >= 0.3 is 0 Å². The number of halogens is 4. The summed E-state index contributed by atoms with van der Waals surface area (Å²) >= 11 is 10.9. The summed E-state index contributed by atoms with van der Waals surface area (Å²) in [7, 11) is 0. The predicted molar refractivity (Wildman–Crippen MR) is 45.4 cm³/mol. The van der Waals surface area contributed by atoms with E-state index in [1.165, 1.54) is 0 Å². The molecule has 0 saturated heterocycles. The molecule has 0 aromatic carbocycles. The van der Waals surface area contributed by atoms with Gasteiger partial charge in [0.25, 0.3) is 6.43 Å². The highest BCUT2D eigenvalue weighted by atomic mass is 35.5. The Bertz CT molecular complexity index is 320. The van der Waals surface area contributed by atoms with Crippen molar-refractivity contribution in [3.63, 3.8) is 0 Å². The molecule has 1 aromatic heterocycles. The summed E-state index contributed by atoms with van der Waals surface area (Å²) in [5.41, 5.74) is -0.399. The third-order valence-electron chi connectivity index (χ3n) is 1.41. The Kier molecular flexibility index (Phi) is 3.27. The summed E-state index contributed by atoms with van der Waals surface area (Å²) in [5.74, 6) is -0.571. The standard InChI is InChI=1S/C7H5Cl2F2NO/c8-2-3-1-4(13)5(7(10)11)12-6(3)9/h1,7,13H,2H2. The Balaban J connectivity index is 3.20. The Morgan fingerprint density at radius 1 is 1.54 bits per heavy atom. The molecule has 0 atom stereocenters. The predicted octanol–water partition coefficient (Wildman–Crippen LogP) is 3.12. The minimum atomic E-state index is -2.85. The Morgan fingerprint density at radius 3 is 2.62 bits per heavy atom. The van der Waals surface area contributed by atoms with Crippen LogP contribution in [0, 0.1) is 0 Å². The van der Waals surface area contributed by atoms with Crippen molar-refractivity contribution in [3.8, 4) is 5.75 Å². The molecule has 0 amide bonds. The van der Waals surface area contributed by atoms with Crippen LogP contribution in [-0.4, -0.2) is 10.1 Å². The summed E-state index contributed by atoms with van der Waals surface area (Å²) in [6, 6.07) is 1.09. The van der Waals surface area contributed by atoms with E-state index in [0.717, 1.165) is 6.07 Å². The molecule has 0 fully saturated rings. The lowest BCUT2D eigenvalue weighted by Gasteiger charge is -2.05. The van der Waals surface area contributed by atoms with Crippen LogP contribution in [-0.2, 0) is 5.88 Å². The molecule has 1 rings (SSSR count). The van der Waals surface area contributed by atoms with Crippen LogP contribution in [0.5, 0.6) is 5.75 Å². The zero-order valence-electron chi connectivity index (χ0n) is 6.27. The molecule has 0 radical (unpaired) electrons.